The Labute approximate surface area is 122 Å². The molecule has 0 aromatic carbocycles. The average molecular weight is 290 g/mol. The van der Waals surface area contributed by atoms with Gasteiger partial charge in [0.15, 0.2) is 5.65 Å². The molecule has 0 radical (unpaired) electrons. The van der Waals surface area contributed by atoms with E-state index in [2.05, 4.69) is 14.8 Å². The van der Waals surface area contributed by atoms with Gasteiger partial charge in [-0.25, -0.2) is 9.50 Å². The van der Waals surface area contributed by atoms with Gasteiger partial charge in [0, 0.05) is 17.9 Å². The second-order valence-corrected chi connectivity index (χ2v) is 4.73. The number of aromatic nitrogens is 3. The zero-order chi connectivity index (χ0) is 15.6. The maximum atomic E-state index is 12.5. The van der Waals surface area contributed by atoms with E-state index < -0.39 is 5.97 Å². The second kappa shape index (κ2) is 5.90. The van der Waals surface area contributed by atoms with Crippen molar-refractivity contribution in [3.05, 3.63) is 29.2 Å². The van der Waals surface area contributed by atoms with Gasteiger partial charge in [0.25, 0.3) is 5.91 Å². The summed E-state index contributed by atoms with van der Waals surface area (Å²) in [6.45, 7) is 5.87. The van der Waals surface area contributed by atoms with Gasteiger partial charge in [0.1, 0.15) is 12.1 Å². The molecule has 1 amide bonds. The number of fused-ring (bicyclic) bond motifs is 1. The zero-order valence-electron chi connectivity index (χ0n) is 12.6. The summed E-state index contributed by atoms with van der Waals surface area (Å²) in [6.07, 6.45) is 1.48. The van der Waals surface area contributed by atoms with Gasteiger partial charge < -0.3 is 9.64 Å². The number of carbonyl (C=O) groups is 2. The highest BCUT2D eigenvalue weighted by atomic mass is 16.5. The Morgan fingerprint density at radius 3 is 2.71 bits per heavy atom. The molecule has 2 aromatic rings. The van der Waals surface area contributed by atoms with E-state index in [1.807, 2.05) is 19.9 Å². The topological polar surface area (TPSA) is 76.8 Å². The summed E-state index contributed by atoms with van der Waals surface area (Å²) in [5, 5.41) is 4.19. The third-order valence-electron chi connectivity index (χ3n) is 3.22. The molecule has 0 fully saturated rings. The van der Waals surface area contributed by atoms with Crippen LogP contribution < -0.4 is 0 Å². The molecule has 21 heavy (non-hydrogen) atoms. The third-order valence-corrected chi connectivity index (χ3v) is 3.22. The molecule has 0 unspecified atom stereocenters. The first-order chi connectivity index (χ1) is 9.97. The number of rotatable bonds is 4. The minimum Gasteiger partial charge on any atom is -0.468 e. The number of hydrogen-bond acceptors (Lipinski definition) is 5. The lowest BCUT2D eigenvalue weighted by Gasteiger charge is -2.18. The highest BCUT2D eigenvalue weighted by Crippen LogP contribution is 2.14. The number of likely N-dealkylation sites (N-methyl/N-ethyl adjacent to an activating group) is 1. The first-order valence-electron chi connectivity index (χ1n) is 6.66. The van der Waals surface area contributed by atoms with E-state index in [9.17, 15) is 9.59 Å². The molecule has 7 heteroatoms. The molecule has 0 bridgehead atoms. The lowest BCUT2D eigenvalue weighted by Crippen LogP contribution is -2.36. The van der Waals surface area contributed by atoms with E-state index in [-0.39, 0.29) is 12.5 Å². The standard InChI is InChI=1S/C14H18N4O3/c1-5-17(8-12(19)21-4)14(20)11-7-15-18-10(3)6-9(2)16-13(11)18/h6-7H,5,8H2,1-4H3. The summed E-state index contributed by atoms with van der Waals surface area (Å²) in [7, 11) is 1.30. The van der Waals surface area contributed by atoms with Crippen LogP contribution in [-0.4, -0.2) is 51.6 Å². The predicted molar refractivity (Wildman–Crippen MR) is 76.1 cm³/mol. The number of esters is 1. The van der Waals surface area contributed by atoms with Crippen LogP contribution in [0.3, 0.4) is 0 Å². The average Bonchev–Trinajstić information content (AvgIpc) is 2.87. The Kier molecular flexibility index (Phi) is 4.21. The fourth-order valence-corrected chi connectivity index (χ4v) is 2.14. The zero-order valence-corrected chi connectivity index (χ0v) is 12.6. The number of ether oxygens (including phenoxy) is 1. The molecule has 0 aliphatic rings. The van der Waals surface area contributed by atoms with Gasteiger partial charge in [0.05, 0.1) is 13.3 Å². The first kappa shape index (κ1) is 15.0. The summed E-state index contributed by atoms with van der Waals surface area (Å²) in [6, 6.07) is 1.89. The van der Waals surface area contributed by atoms with Crippen LogP contribution in [0.1, 0.15) is 28.7 Å². The van der Waals surface area contributed by atoms with Crippen LogP contribution in [0.15, 0.2) is 12.3 Å². The van der Waals surface area contributed by atoms with Crippen LogP contribution in [0.25, 0.3) is 5.65 Å². The summed E-state index contributed by atoms with van der Waals surface area (Å²) in [4.78, 5) is 29.7. The van der Waals surface area contributed by atoms with Gasteiger partial charge in [-0.15, -0.1) is 0 Å². The molecule has 0 atom stereocenters. The Bertz CT molecular complexity index is 693. The Hall–Kier alpha value is -2.44. The van der Waals surface area contributed by atoms with Crippen LogP contribution in [-0.2, 0) is 9.53 Å². The molecule has 0 spiro atoms. The van der Waals surface area contributed by atoms with E-state index in [0.29, 0.717) is 17.8 Å². The first-order valence-corrected chi connectivity index (χ1v) is 6.66. The number of amides is 1. The maximum Gasteiger partial charge on any atom is 0.325 e. The van der Waals surface area contributed by atoms with Crippen molar-refractivity contribution in [2.75, 3.05) is 20.2 Å². The molecular weight excluding hydrogens is 272 g/mol. The van der Waals surface area contributed by atoms with Crippen LogP contribution in [0, 0.1) is 13.8 Å². The lowest BCUT2D eigenvalue weighted by atomic mass is 10.2. The third kappa shape index (κ3) is 2.86. The molecule has 7 nitrogen and oxygen atoms in total. The van der Waals surface area contributed by atoms with E-state index in [4.69, 9.17) is 0 Å². The van der Waals surface area contributed by atoms with Crippen LogP contribution >= 0.6 is 0 Å². The molecule has 2 rings (SSSR count). The highest BCUT2D eigenvalue weighted by Gasteiger charge is 2.22. The van der Waals surface area contributed by atoms with Gasteiger partial charge in [0.2, 0.25) is 0 Å². The minimum absolute atomic E-state index is 0.0893. The van der Waals surface area contributed by atoms with Crippen molar-refractivity contribution < 1.29 is 14.3 Å². The predicted octanol–water partition coefficient (Wildman–Crippen LogP) is 0.981. The summed E-state index contributed by atoms with van der Waals surface area (Å²) >= 11 is 0. The van der Waals surface area contributed by atoms with Crippen molar-refractivity contribution >= 4 is 17.5 Å². The van der Waals surface area contributed by atoms with Gasteiger partial charge in [-0.05, 0) is 26.8 Å². The Morgan fingerprint density at radius 1 is 1.38 bits per heavy atom. The van der Waals surface area contributed by atoms with Crippen molar-refractivity contribution in [2.24, 2.45) is 0 Å². The molecule has 0 N–H and O–H groups in total. The molecule has 2 heterocycles. The number of nitrogens with zero attached hydrogens (tertiary/aromatic N) is 4. The van der Waals surface area contributed by atoms with Crippen LogP contribution in [0.5, 0.6) is 0 Å². The second-order valence-electron chi connectivity index (χ2n) is 4.73. The molecule has 0 saturated carbocycles. The van der Waals surface area contributed by atoms with Crippen molar-refractivity contribution in [2.45, 2.75) is 20.8 Å². The summed E-state index contributed by atoms with van der Waals surface area (Å²) in [5.41, 5.74) is 2.59. The molecule has 112 valence electrons. The van der Waals surface area contributed by atoms with E-state index >= 15 is 0 Å². The van der Waals surface area contributed by atoms with Gasteiger partial charge in [-0.2, -0.15) is 5.10 Å². The van der Waals surface area contributed by atoms with E-state index in [1.165, 1.54) is 18.2 Å². The van der Waals surface area contributed by atoms with Gasteiger partial charge in [-0.3, -0.25) is 9.59 Å². The van der Waals surface area contributed by atoms with E-state index in [0.717, 1.165) is 11.4 Å². The molecule has 0 saturated heterocycles. The number of hydrogen-bond donors (Lipinski definition) is 0. The fourth-order valence-electron chi connectivity index (χ4n) is 2.14. The molecule has 0 aliphatic heterocycles. The van der Waals surface area contributed by atoms with Crippen LogP contribution in [0.2, 0.25) is 0 Å². The monoisotopic (exact) mass is 290 g/mol. The minimum atomic E-state index is -0.456. The smallest absolute Gasteiger partial charge is 0.325 e. The van der Waals surface area contributed by atoms with Crippen LogP contribution in [0.4, 0.5) is 0 Å². The number of carbonyl (C=O) groups excluding carboxylic acids is 2. The lowest BCUT2D eigenvalue weighted by molar-refractivity contribution is -0.141. The van der Waals surface area contributed by atoms with Crippen molar-refractivity contribution in [3.63, 3.8) is 0 Å². The largest absolute Gasteiger partial charge is 0.468 e. The van der Waals surface area contributed by atoms with E-state index in [1.54, 1.807) is 11.4 Å². The fraction of sp³-hybridized carbons (Fsp3) is 0.429. The number of aryl methyl sites for hydroxylation is 2. The Morgan fingerprint density at radius 2 is 2.10 bits per heavy atom. The number of methoxy groups -OCH3 is 1. The molecule has 2 aromatic heterocycles. The quantitative estimate of drug-likeness (QED) is 0.785. The summed E-state index contributed by atoms with van der Waals surface area (Å²) in [5.74, 6) is -0.739. The highest BCUT2D eigenvalue weighted by molar-refractivity contribution is 6.00. The molecular formula is C14H18N4O3. The SMILES string of the molecule is CCN(CC(=O)OC)C(=O)c1cnn2c(C)cc(C)nc12. The van der Waals surface area contributed by atoms with Crippen molar-refractivity contribution in [1.82, 2.24) is 19.5 Å². The van der Waals surface area contributed by atoms with Crippen molar-refractivity contribution in [1.29, 1.82) is 0 Å². The van der Waals surface area contributed by atoms with Gasteiger partial charge in [-0.1, -0.05) is 0 Å². The molecule has 0 aliphatic carbocycles. The summed E-state index contributed by atoms with van der Waals surface area (Å²) < 4.78 is 6.22. The van der Waals surface area contributed by atoms with Crippen molar-refractivity contribution in [3.8, 4) is 0 Å². The normalized spacial score (nSPS) is 10.7. The Balaban J connectivity index is 2.41. The van der Waals surface area contributed by atoms with Gasteiger partial charge >= 0.3 is 5.97 Å². The maximum absolute atomic E-state index is 12.5.